The molecule has 3 saturated heterocycles. The molecule has 1 amide bonds. The molecule has 0 saturated carbocycles. The van der Waals surface area contributed by atoms with Gasteiger partial charge in [0.2, 0.25) is 5.91 Å². The number of amides is 1. The van der Waals surface area contributed by atoms with Crippen molar-refractivity contribution in [2.24, 2.45) is 11.5 Å². The molecule has 0 aromatic carbocycles. The molecule has 3 aliphatic heterocycles. The highest BCUT2D eigenvalue weighted by molar-refractivity contribution is 5.73. The summed E-state index contributed by atoms with van der Waals surface area (Å²) in [5.41, 5.74) is 11.6. The first-order valence-electron chi connectivity index (χ1n) is 11.7. The molecule has 0 radical (unpaired) electrons. The first-order chi connectivity index (χ1) is 17.4. The van der Waals surface area contributed by atoms with Crippen molar-refractivity contribution in [3.05, 3.63) is 0 Å². The Morgan fingerprint density at radius 2 is 1.24 bits per heavy atom. The molecule has 15 atom stereocenters. The largest absolute Gasteiger partial charge is 0.394 e. The Balaban J connectivity index is 1.83. The molecule has 13 N–H and O–H groups in total. The second-order valence-electron chi connectivity index (χ2n) is 9.24. The fourth-order valence-electron chi connectivity index (χ4n) is 4.55. The summed E-state index contributed by atoms with van der Waals surface area (Å²) in [4.78, 5) is 11.9. The molecule has 0 aromatic rings. The number of nitrogens with one attached hydrogen (secondary N) is 1. The second-order valence-corrected chi connectivity index (χ2v) is 9.24. The lowest BCUT2D eigenvalue weighted by atomic mass is 9.94. The van der Waals surface area contributed by atoms with Crippen LogP contribution in [-0.4, -0.2) is 159 Å². The minimum Gasteiger partial charge on any atom is -0.394 e. The zero-order valence-corrected chi connectivity index (χ0v) is 20.0. The lowest BCUT2D eigenvalue weighted by Gasteiger charge is -2.49. The van der Waals surface area contributed by atoms with Gasteiger partial charge >= 0.3 is 0 Å². The molecule has 0 spiro atoms. The molecular weight excluding hydrogens is 506 g/mol. The molecule has 216 valence electrons. The maximum atomic E-state index is 11.9. The highest BCUT2D eigenvalue weighted by Crippen LogP contribution is 2.31. The third kappa shape index (κ3) is 6.38. The van der Waals surface area contributed by atoms with Gasteiger partial charge in [0.15, 0.2) is 18.9 Å². The van der Waals surface area contributed by atoms with Gasteiger partial charge in [-0.25, -0.2) is 0 Å². The predicted octanol–water partition coefficient (Wildman–Crippen LogP) is -7.50. The third-order valence-electron chi connectivity index (χ3n) is 6.65. The number of aliphatic hydroxyl groups excluding tert-OH is 8. The fraction of sp³-hybridized carbons (Fsp3) is 0.950. The van der Waals surface area contributed by atoms with Crippen LogP contribution in [0.2, 0.25) is 0 Å². The van der Waals surface area contributed by atoms with E-state index in [-0.39, 0.29) is 0 Å². The van der Waals surface area contributed by atoms with Crippen LogP contribution >= 0.6 is 0 Å². The number of nitrogens with two attached hydrogens (primary N) is 2. The Kier molecular flexibility index (Phi) is 10.5. The summed E-state index contributed by atoms with van der Waals surface area (Å²) >= 11 is 0. The Morgan fingerprint density at radius 3 is 1.81 bits per heavy atom. The van der Waals surface area contributed by atoms with Gasteiger partial charge in [-0.1, -0.05) is 0 Å². The van der Waals surface area contributed by atoms with Crippen molar-refractivity contribution in [1.82, 2.24) is 5.32 Å². The second kappa shape index (κ2) is 12.8. The molecule has 37 heavy (non-hydrogen) atoms. The van der Waals surface area contributed by atoms with Gasteiger partial charge < -0.3 is 81.3 Å². The van der Waals surface area contributed by atoms with E-state index >= 15 is 0 Å². The van der Waals surface area contributed by atoms with Gasteiger partial charge in [0.05, 0.1) is 31.9 Å². The van der Waals surface area contributed by atoms with Gasteiger partial charge in [0.25, 0.3) is 0 Å². The maximum Gasteiger partial charge on any atom is 0.217 e. The quantitative estimate of drug-likeness (QED) is 0.135. The first-order valence-corrected chi connectivity index (χ1v) is 11.7. The average Bonchev–Trinajstić information content (AvgIpc) is 2.87. The number of hydrogen-bond donors (Lipinski definition) is 11. The van der Waals surface area contributed by atoms with Crippen molar-refractivity contribution in [3.63, 3.8) is 0 Å². The normalized spacial score (nSPS) is 49.0. The molecule has 17 heteroatoms. The number of ether oxygens (including phenoxy) is 5. The Labute approximate surface area is 211 Å². The van der Waals surface area contributed by atoms with Crippen LogP contribution in [0, 0.1) is 0 Å². The van der Waals surface area contributed by atoms with Crippen LogP contribution in [0.1, 0.15) is 6.92 Å². The average molecular weight is 544 g/mol. The highest BCUT2D eigenvalue weighted by Gasteiger charge is 2.53. The third-order valence-corrected chi connectivity index (χ3v) is 6.65. The smallest absolute Gasteiger partial charge is 0.217 e. The summed E-state index contributed by atoms with van der Waals surface area (Å²) in [7, 11) is 0. The molecule has 3 heterocycles. The zero-order chi connectivity index (χ0) is 27.6. The van der Waals surface area contributed by atoms with E-state index in [1.54, 1.807) is 0 Å². The standard InChI is InChI=1S/C20H37N3O14/c1-5(27)23-11-15(31)17(36-19-10(22)13(29)12(28)6(2-24)34-19)8(4-26)35-20(11)37-16-7(3-25)33-18(32)9(21)14(16)30/h6-20,24-26,28-32H,2-4,21-22H2,1H3,(H,23,27)/t6-,7-,8-,9-,10-,11-,12-,13-,14-,15-,16+,17+,18-,19+,20+/m1/s1. The number of aliphatic hydroxyl groups is 8. The number of rotatable bonds is 8. The van der Waals surface area contributed by atoms with Crippen LogP contribution in [0.4, 0.5) is 0 Å². The molecule has 0 aliphatic carbocycles. The zero-order valence-electron chi connectivity index (χ0n) is 20.0. The molecule has 3 rings (SSSR count). The van der Waals surface area contributed by atoms with Crippen molar-refractivity contribution < 1.29 is 69.3 Å². The van der Waals surface area contributed by atoms with E-state index in [1.807, 2.05) is 0 Å². The van der Waals surface area contributed by atoms with Crippen molar-refractivity contribution in [3.8, 4) is 0 Å². The molecule has 0 unspecified atom stereocenters. The molecule has 3 aliphatic rings. The van der Waals surface area contributed by atoms with Gasteiger partial charge in [-0.3, -0.25) is 4.79 Å². The topological polar surface area (TPSA) is 289 Å². The summed E-state index contributed by atoms with van der Waals surface area (Å²) in [6, 6.07) is -4.04. The van der Waals surface area contributed by atoms with Crippen molar-refractivity contribution in [2.45, 2.75) is 98.9 Å². The van der Waals surface area contributed by atoms with E-state index in [9.17, 15) is 45.6 Å². The Bertz CT molecular complexity index is 749. The van der Waals surface area contributed by atoms with Gasteiger partial charge in [0, 0.05) is 6.92 Å². The first kappa shape index (κ1) is 30.4. The van der Waals surface area contributed by atoms with Crippen molar-refractivity contribution in [2.75, 3.05) is 19.8 Å². The highest BCUT2D eigenvalue weighted by atomic mass is 16.7. The van der Waals surface area contributed by atoms with Crippen LogP contribution in [-0.2, 0) is 28.5 Å². The minimum atomic E-state index is -1.67. The summed E-state index contributed by atoms with van der Waals surface area (Å²) in [5.74, 6) is -0.627. The molecule has 3 fully saturated rings. The predicted molar refractivity (Wildman–Crippen MR) is 117 cm³/mol. The van der Waals surface area contributed by atoms with Gasteiger partial charge in [-0.15, -0.1) is 0 Å². The van der Waals surface area contributed by atoms with E-state index in [1.165, 1.54) is 0 Å². The van der Waals surface area contributed by atoms with Gasteiger partial charge in [0.1, 0.15) is 61.0 Å². The summed E-state index contributed by atoms with van der Waals surface area (Å²) in [6.07, 6.45) is -17.6. The molecule has 17 nitrogen and oxygen atoms in total. The van der Waals surface area contributed by atoms with E-state index in [0.29, 0.717) is 0 Å². The Hall–Kier alpha value is -1.13. The van der Waals surface area contributed by atoms with Gasteiger partial charge in [-0.05, 0) is 0 Å². The SMILES string of the molecule is CC(=O)N[C@H]1[C@H](O[C@@H]2[C@H](O)[C@@H](N)[C@H](O)O[C@@H]2CO)O[C@H](CO)[C@H](O[C@@H]2O[C@H](CO)[C@@H](O)[C@H](O)[C@H]2N)[C@@H]1O. The number of carbonyl (C=O) groups is 1. The maximum absolute atomic E-state index is 11.9. The summed E-state index contributed by atoms with van der Waals surface area (Å²) in [6.45, 7) is -0.992. The van der Waals surface area contributed by atoms with E-state index in [0.717, 1.165) is 6.92 Å². The van der Waals surface area contributed by atoms with Gasteiger partial charge in [-0.2, -0.15) is 0 Å². The molecule has 0 aromatic heterocycles. The van der Waals surface area contributed by atoms with Crippen LogP contribution in [0.5, 0.6) is 0 Å². The van der Waals surface area contributed by atoms with E-state index in [4.69, 9.17) is 35.2 Å². The van der Waals surface area contributed by atoms with Crippen molar-refractivity contribution >= 4 is 5.91 Å². The van der Waals surface area contributed by atoms with Crippen LogP contribution in [0.25, 0.3) is 0 Å². The Morgan fingerprint density at radius 1 is 0.730 bits per heavy atom. The molecular formula is C20H37N3O14. The van der Waals surface area contributed by atoms with Crippen LogP contribution in [0.15, 0.2) is 0 Å². The lowest BCUT2D eigenvalue weighted by molar-refractivity contribution is -0.350. The van der Waals surface area contributed by atoms with Crippen LogP contribution in [0.3, 0.4) is 0 Å². The van der Waals surface area contributed by atoms with E-state index in [2.05, 4.69) is 5.32 Å². The monoisotopic (exact) mass is 543 g/mol. The molecule has 0 bridgehead atoms. The summed E-state index contributed by atoms with van der Waals surface area (Å²) < 4.78 is 27.8. The number of hydrogen-bond acceptors (Lipinski definition) is 16. The summed E-state index contributed by atoms with van der Waals surface area (Å²) in [5, 5.41) is 83.1. The van der Waals surface area contributed by atoms with Crippen molar-refractivity contribution in [1.29, 1.82) is 0 Å². The minimum absolute atomic E-state index is 0.627. The van der Waals surface area contributed by atoms with E-state index < -0.39 is 118 Å². The lowest BCUT2D eigenvalue weighted by Crippen LogP contribution is -2.70. The van der Waals surface area contributed by atoms with Crippen LogP contribution < -0.4 is 16.8 Å². The number of carbonyl (C=O) groups excluding carboxylic acids is 1. The fourth-order valence-corrected chi connectivity index (χ4v) is 4.55.